The van der Waals surface area contributed by atoms with Crippen LogP contribution in [0.2, 0.25) is 0 Å². The van der Waals surface area contributed by atoms with Crippen LogP contribution in [0.25, 0.3) is 22.0 Å². The van der Waals surface area contributed by atoms with Crippen LogP contribution in [-0.2, 0) is 14.8 Å². The van der Waals surface area contributed by atoms with Crippen LogP contribution in [-0.4, -0.2) is 77.2 Å². The first-order chi connectivity index (χ1) is 23.4. The molecule has 1 amide bonds. The number of rotatable bonds is 9. The molecule has 17 heteroatoms. The molecule has 0 spiro atoms. The standard InChI is InChI=1S/C33H35F5N6O5S/c1-19-7-8-22-23(9-10-25(35)27(22)43-50(46,47)15-12-33(36,37)38)28(19)48-29-24(6-5-13-39-29)26-11-14-40-30(42-26)41-21-16-20(34)17-44(18-21)31(45)49-32(2,3)4/h5-11,13-14,20-21,43H,12,15-18H2,1-4H3,(H,40,41,42)/t20-,21-/m0/s1. The van der Waals surface area contributed by atoms with Crippen molar-refractivity contribution in [1.29, 1.82) is 0 Å². The summed E-state index contributed by atoms with van der Waals surface area (Å²) < 4.78 is 106. The molecule has 2 aromatic heterocycles. The van der Waals surface area contributed by atoms with Crippen LogP contribution in [0, 0.1) is 12.7 Å². The molecule has 0 radical (unpaired) electrons. The minimum Gasteiger partial charge on any atom is -0.444 e. The highest BCUT2D eigenvalue weighted by Gasteiger charge is 2.33. The Kier molecular flexibility index (Phi) is 10.4. The number of carbonyl (C=O) groups is 1. The Morgan fingerprint density at radius 3 is 2.48 bits per heavy atom. The van der Waals surface area contributed by atoms with Crippen molar-refractivity contribution >= 4 is 38.5 Å². The summed E-state index contributed by atoms with van der Waals surface area (Å²) in [4.78, 5) is 27.1. The Labute approximate surface area is 285 Å². The average molecular weight is 723 g/mol. The van der Waals surface area contributed by atoms with E-state index in [1.165, 1.54) is 29.4 Å². The number of alkyl halides is 4. The number of benzene rings is 2. The number of anilines is 2. The van der Waals surface area contributed by atoms with Gasteiger partial charge in [-0.2, -0.15) is 13.2 Å². The molecule has 2 N–H and O–H groups in total. The van der Waals surface area contributed by atoms with Gasteiger partial charge in [-0.1, -0.05) is 12.1 Å². The van der Waals surface area contributed by atoms with E-state index >= 15 is 0 Å². The zero-order valence-electron chi connectivity index (χ0n) is 27.5. The van der Waals surface area contributed by atoms with Crippen molar-refractivity contribution in [1.82, 2.24) is 19.9 Å². The molecule has 4 aromatic rings. The van der Waals surface area contributed by atoms with Crippen LogP contribution < -0.4 is 14.8 Å². The van der Waals surface area contributed by atoms with Crippen molar-refractivity contribution in [3.8, 4) is 22.9 Å². The van der Waals surface area contributed by atoms with Gasteiger partial charge in [0.05, 0.1) is 35.7 Å². The lowest BCUT2D eigenvalue weighted by Gasteiger charge is -2.36. The number of halogens is 5. The Balaban J connectivity index is 1.41. The maximum absolute atomic E-state index is 15.0. The first-order valence-electron chi connectivity index (χ1n) is 15.5. The molecule has 1 aliphatic heterocycles. The molecule has 1 aliphatic rings. The number of amides is 1. The van der Waals surface area contributed by atoms with Gasteiger partial charge < -0.3 is 19.7 Å². The summed E-state index contributed by atoms with van der Waals surface area (Å²) in [6, 6.07) is 9.71. The summed E-state index contributed by atoms with van der Waals surface area (Å²) in [5, 5.41) is 3.40. The van der Waals surface area contributed by atoms with Gasteiger partial charge in [0.1, 0.15) is 23.3 Å². The highest BCUT2D eigenvalue weighted by Crippen LogP contribution is 2.40. The largest absolute Gasteiger partial charge is 0.444 e. The van der Waals surface area contributed by atoms with Crippen LogP contribution >= 0.6 is 0 Å². The van der Waals surface area contributed by atoms with E-state index < -0.39 is 63.8 Å². The summed E-state index contributed by atoms with van der Waals surface area (Å²) in [5.41, 5.74) is 0.0657. The van der Waals surface area contributed by atoms with Crippen molar-refractivity contribution in [3.05, 3.63) is 66.2 Å². The molecular formula is C33H35F5N6O5S. The number of likely N-dealkylation sites (tertiary alicyclic amines) is 1. The number of hydrogen-bond acceptors (Lipinski definition) is 9. The average Bonchev–Trinajstić information content (AvgIpc) is 3.02. The van der Waals surface area contributed by atoms with Gasteiger partial charge >= 0.3 is 12.3 Å². The third kappa shape index (κ3) is 9.25. The SMILES string of the molecule is Cc1ccc2c(NS(=O)(=O)CCC(F)(F)F)c(F)ccc2c1Oc1ncccc1-c1ccnc(N[C@H]2C[C@H](F)CN(C(=O)OC(C)(C)C)C2)n1. The quantitative estimate of drug-likeness (QED) is 0.170. The van der Waals surface area contributed by atoms with Gasteiger partial charge in [0.25, 0.3) is 0 Å². The maximum atomic E-state index is 15.0. The minimum atomic E-state index is -4.72. The fraction of sp³-hybridized carbons (Fsp3) is 0.394. The van der Waals surface area contributed by atoms with E-state index in [2.05, 4.69) is 20.3 Å². The second kappa shape index (κ2) is 14.2. The number of nitrogens with one attached hydrogen (secondary N) is 2. The molecule has 2 atom stereocenters. The summed E-state index contributed by atoms with van der Waals surface area (Å²) in [6.45, 7) is 6.93. The molecule has 1 fully saturated rings. The van der Waals surface area contributed by atoms with Gasteiger partial charge in [0.15, 0.2) is 0 Å². The fourth-order valence-corrected chi connectivity index (χ4v) is 6.42. The van der Waals surface area contributed by atoms with E-state index in [9.17, 15) is 35.2 Å². The van der Waals surface area contributed by atoms with Crippen LogP contribution in [0.5, 0.6) is 11.6 Å². The summed E-state index contributed by atoms with van der Waals surface area (Å²) in [5.74, 6) is -1.87. The zero-order valence-corrected chi connectivity index (χ0v) is 28.3. The van der Waals surface area contributed by atoms with Crippen LogP contribution in [0.4, 0.5) is 38.4 Å². The second-order valence-corrected chi connectivity index (χ2v) is 14.6. The lowest BCUT2D eigenvalue weighted by molar-refractivity contribution is -0.129. The number of sulfonamides is 1. The van der Waals surface area contributed by atoms with E-state index in [1.807, 2.05) is 4.72 Å². The molecule has 5 rings (SSSR count). The second-order valence-electron chi connectivity index (χ2n) is 12.8. The van der Waals surface area contributed by atoms with Crippen LogP contribution in [0.15, 0.2) is 54.9 Å². The molecule has 0 unspecified atom stereocenters. The first-order valence-corrected chi connectivity index (χ1v) is 17.2. The van der Waals surface area contributed by atoms with E-state index in [4.69, 9.17) is 9.47 Å². The van der Waals surface area contributed by atoms with Crippen molar-refractivity contribution in [3.63, 3.8) is 0 Å². The third-order valence-electron chi connectivity index (χ3n) is 7.50. The molecule has 0 saturated carbocycles. The number of ether oxygens (including phenoxy) is 2. The number of hydrogen-bond donors (Lipinski definition) is 2. The van der Waals surface area contributed by atoms with E-state index in [0.29, 0.717) is 16.8 Å². The smallest absolute Gasteiger partial charge is 0.410 e. The molecule has 2 aromatic carbocycles. The van der Waals surface area contributed by atoms with Gasteiger partial charge in [-0.05, 0) is 63.6 Å². The summed E-state index contributed by atoms with van der Waals surface area (Å²) in [7, 11) is -4.57. The van der Waals surface area contributed by atoms with E-state index in [1.54, 1.807) is 52.0 Å². The molecule has 268 valence electrons. The third-order valence-corrected chi connectivity index (χ3v) is 8.75. The minimum absolute atomic E-state index is 0.0475. The van der Waals surface area contributed by atoms with Gasteiger partial charge in [0.2, 0.25) is 21.9 Å². The monoisotopic (exact) mass is 722 g/mol. The Morgan fingerprint density at radius 1 is 1.02 bits per heavy atom. The topological polar surface area (TPSA) is 136 Å². The number of aromatic nitrogens is 3. The molecule has 3 heterocycles. The van der Waals surface area contributed by atoms with Gasteiger partial charge in [-0.25, -0.2) is 36.9 Å². The maximum Gasteiger partial charge on any atom is 0.410 e. The first kappa shape index (κ1) is 36.5. The van der Waals surface area contributed by atoms with Crippen molar-refractivity contribution in [2.45, 2.75) is 64.5 Å². The van der Waals surface area contributed by atoms with Crippen molar-refractivity contribution < 1.29 is 44.6 Å². The van der Waals surface area contributed by atoms with Crippen molar-refractivity contribution in [2.24, 2.45) is 0 Å². The summed E-state index contributed by atoms with van der Waals surface area (Å²) in [6.07, 6.45) is -5.21. The predicted octanol–water partition coefficient (Wildman–Crippen LogP) is 7.39. The Morgan fingerprint density at radius 2 is 1.76 bits per heavy atom. The van der Waals surface area contributed by atoms with E-state index in [0.717, 1.165) is 6.07 Å². The molecular weight excluding hydrogens is 687 g/mol. The normalized spacial score (nSPS) is 17.0. The van der Waals surface area contributed by atoms with Crippen molar-refractivity contribution in [2.75, 3.05) is 28.9 Å². The number of pyridine rings is 1. The number of fused-ring (bicyclic) bond motifs is 1. The number of carbonyl (C=O) groups excluding carboxylic acids is 1. The summed E-state index contributed by atoms with van der Waals surface area (Å²) >= 11 is 0. The number of aryl methyl sites for hydroxylation is 1. The number of nitrogens with zero attached hydrogens (tertiary/aromatic N) is 4. The van der Waals surface area contributed by atoms with Crippen LogP contribution in [0.1, 0.15) is 39.2 Å². The molecule has 0 bridgehead atoms. The lowest BCUT2D eigenvalue weighted by Crippen LogP contribution is -2.51. The lowest BCUT2D eigenvalue weighted by atomic mass is 10.0. The number of piperidine rings is 1. The van der Waals surface area contributed by atoms with Gasteiger partial charge in [-0.15, -0.1) is 0 Å². The molecule has 11 nitrogen and oxygen atoms in total. The molecule has 1 saturated heterocycles. The Bertz CT molecular complexity index is 1990. The Hall–Kier alpha value is -4.80. The highest BCUT2D eigenvalue weighted by atomic mass is 32.2. The highest BCUT2D eigenvalue weighted by molar-refractivity contribution is 7.92. The van der Waals surface area contributed by atoms with Gasteiger partial charge in [0, 0.05) is 42.2 Å². The van der Waals surface area contributed by atoms with Crippen LogP contribution in [0.3, 0.4) is 0 Å². The van der Waals surface area contributed by atoms with Gasteiger partial charge in [-0.3, -0.25) is 4.72 Å². The van der Waals surface area contributed by atoms with E-state index in [-0.39, 0.29) is 47.9 Å². The zero-order chi connectivity index (χ0) is 36.4. The molecule has 0 aliphatic carbocycles. The predicted molar refractivity (Wildman–Crippen MR) is 177 cm³/mol. The molecule has 50 heavy (non-hydrogen) atoms. The fourth-order valence-electron chi connectivity index (χ4n) is 5.30.